The Morgan fingerprint density at radius 1 is 0.500 bits per heavy atom. The lowest BCUT2D eigenvalue weighted by Crippen LogP contribution is -2.01. The number of rotatable bonds is 19. The predicted octanol–water partition coefficient (Wildman–Crippen LogP) is 3.44. The molecule has 0 aliphatic carbocycles. The number of ether oxygens (including phenoxy) is 2. The highest BCUT2D eigenvalue weighted by Crippen LogP contribution is 2.20. The zero-order chi connectivity index (χ0) is 16.1. The molecule has 0 aliphatic rings. The maximum atomic E-state index is 5.60. The van der Waals surface area contributed by atoms with Crippen LogP contribution in [-0.4, -0.2) is 51.0 Å². The SMILES string of the molecule is NCCCCCCOCCSSCCOCCCCCCN. The van der Waals surface area contributed by atoms with Crippen LogP contribution in [0.3, 0.4) is 0 Å². The van der Waals surface area contributed by atoms with Gasteiger partial charge >= 0.3 is 0 Å². The van der Waals surface area contributed by atoms with E-state index >= 15 is 0 Å². The fourth-order valence-electron chi connectivity index (χ4n) is 1.91. The first-order chi connectivity index (χ1) is 10.9. The lowest BCUT2D eigenvalue weighted by Gasteiger charge is -2.05. The molecule has 0 aromatic heterocycles. The molecule has 0 saturated carbocycles. The van der Waals surface area contributed by atoms with Crippen LogP contribution < -0.4 is 11.5 Å². The van der Waals surface area contributed by atoms with Crippen LogP contribution in [0.5, 0.6) is 0 Å². The number of unbranched alkanes of at least 4 members (excludes halogenated alkanes) is 6. The van der Waals surface area contributed by atoms with Crippen molar-refractivity contribution in [2.75, 3.05) is 51.0 Å². The van der Waals surface area contributed by atoms with E-state index in [-0.39, 0.29) is 0 Å². The van der Waals surface area contributed by atoms with Gasteiger partial charge < -0.3 is 20.9 Å². The molecule has 22 heavy (non-hydrogen) atoms. The predicted molar refractivity (Wildman–Crippen MR) is 102 cm³/mol. The summed E-state index contributed by atoms with van der Waals surface area (Å²) in [6.45, 7) is 5.12. The summed E-state index contributed by atoms with van der Waals surface area (Å²) in [4.78, 5) is 0. The first-order valence-electron chi connectivity index (χ1n) is 8.72. The standard InChI is InChI=1S/C16H36N2O2S2/c17-9-5-1-3-7-11-19-13-15-21-22-16-14-20-12-8-4-2-6-10-18/h1-18H2. The molecule has 0 aliphatic heterocycles. The largest absolute Gasteiger partial charge is 0.381 e. The molecule has 134 valence electrons. The van der Waals surface area contributed by atoms with Crippen LogP contribution in [0.1, 0.15) is 51.4 Å². The normalized spacial score (nSPS) is 11.2. The summed E-state index contributed by atoms with van der Waals surface area (Å²) in [6, 6.07) is 0. The molecule has 0 atom stereocenters. The van der Waals surface area contributed by atoms with Gasteiger partial charge in [-0.25, -0.2) is 0 Å². The van der Waals surface area contributed by atoms with Gasteiger partial charge in [0.15, 0.2) is 0 Å². The molecule has 0 bridgehead atoms. The Morgan fingerprint density at radius 3 is 1.32 bits per heavy atom. The Bertz CT molecular complexity index is 181. The Balaban J connectivity index is 2.91. The fourth-order valence-corrected chi connectivity index (χ4v) is 3.63. The quantitative estimate of drug-likeness (QED) is 0.274. The molecule has 0 unspecified atom stereocenters. The van der Waals surface area contributed by atoms with Gasteiger partial charge in [-0.05, 0) is 38.8 Å². The summed E-state index contributed by atoms with van der Waals surface area (Å²) in [5, 5.41) is 0. The van der Waals surface area contributed by atoms with Crippen molar-refractivity contribution in [3.05, 3.63) is 0 Å². The molecule has 0 heterocycles. The van der Waals surface area contributed by atoms with E-state index in [0.717, 1.165) is 76.7 Å². The zero-order valence-corrected chi connectivity index (χ0v) is 15.7. The van der Waals surface area contributed by atoms with E-state index in [9.17, 15) is 0 Å². The first-order valence-corrected chi connectivity index (χ1v) is 11.2. The summed E-state index contributed by atoms with van der Waals surface area (Å²) >= 11 is 0. The van der Waals surface area contributed by atoms with Gasteiger partial charge in [-0.3, -0.25) is 0 Å². The summed E-state index contributed by atoms with van der Waals surface area (Å²) in [6.07, 6.45) is 9.55. The second kappa shape index (κ2) is 21.5. The highest BCUT2D eigenvalue weighted by atomic mass is 33.1. The van der Waals surface area contributed by atoms with Crippen LogP contribution in [0, 0.1) is 0 Å². The van der Waals surface area contributed by atoms with Crippen LogP contribution in [0.25, 0.3) is 0 Å². The molecule has 4 N–H and O–H groups in total. The highest BCUT2D eigenvalue weighted by Gasteiger charge is 1.94. The second-order valence-corrected chi connectivity index (χ2v) is 7.98. The van der Waals surface area contributed by atoms with Gasteiger partial charge in [0.2, 0.25) is 0 Å². The smallest absolute Gasteiger partial charge is 0.0565 e. The molecular formula is C16H36N2O2S2. The van der Waals surface area contributed by atoms with Gasteiger partial charge in [-0.15, -0.1) is 0 Å². The van der Waals surface area contributed by atoms with Crippen molar-refractivity contribution < 1.29 is 9.47 Å². The summed E-state index contributed by atoms with van der Waals surface area (Å²) < 4.78 is 11.2. The van der Waals surface area contributed by atoms with Crippen molar-refractivity contribution in [3.8, 4) is 0 Å². The Labute approximate surface area is 145 Å². The number of hydrogen-bond donors (Lipinski definition) is 2. The minimum atomic E-state index is 0.812. The van der Waals surface area contributed by atoms with Gasteiger partial charge in [0.05, 0.1) is 13.2 Å². The van der Waals surface area contributed by atoms with Gasteiger partial charge in [0.1, 0.15) is 0 Å². The average molecular weight is 353 g/mol. The van der Waals surface area contributed by atoms with Crippen molar-refractivity contribution in [3.63, 3.8) is 0 Å². The topological polar surface area (TPSA) is 70.5 Å². The lowest BCUT2D eigenvalue weighted by molar-refractivity contribution is 0.145. The summed E-state index contributed by atoms with van der Waals surface area (Å²) in [7, 11) is 3.76. The van der Waals surface area contributed by atoms with Gasteiger partial charge in [0, 0.05) is 24.7 Å². The molecule has 0 fully saturated rings. The third kappa shape index (κ3) is 20.5. The Hall–Kier alpha value is 0.540. The third-order valence-corrected chi connectivity index (χ3v) is 5.52. The minimum Gasteiger partial charge on any atom is -0.381 e. The second-order valence-electron chi connectivity index (χ2n) is 5.27. The van der Waals surface area contributed by atoms with Crippen molar-refractivity contribution in [1.29, 1.82) is 0 Å². The fraction of sp³-hybridized carbons (Fsp3) is 1.00. The van der Waals surface area contributed by atoms with Crippen LogP contribution in [0.15, 0.2) is 0 Å². The van der Waals surface area contributed by atoms with E-state index in [2.05, 4.69) is 0 Å². The molecule has 6 heteroatoms. The van der Waals surface area contributed by atoms with Crippen molar-refractivity contribution in [2.24, 2.45) is 11.5 Å². The Kier molecular flexibility index (Phi) is 22.1. The van der Waals surface area contributed by atoms with Gasteiger partial charge in [0.25, 0.3) is 0 Å². The monoisotopic (exact) mass is 352 g/mol. The molecule has 0 aromatic rings. The van der Waals surface area contributed by atoms with E-state index < -0.39 is 0 Å². The van der Waals surface area contributed by atoms with E-state index in [4.69, 9.17) is 20.9 Å². The molecule has 0 aromatic carbocycles. The van der Waals surface area contributed by atoms with Crippen LogP contribution in [0.4, 0.5) is 0 Å². The third-order valence-electron chi connectivity index (χ3n) is 3.19. The summed E-state index contributed by atoms with van der Waals surface area (Å²) in [5.74, 6) is 2.12. The van der Waals surface area contributed by atoms with Crippen molar-refractivity contribution >= 4 is 21.6 Å². The number of hydrogen-bond acceptors (Lipinski definition) is 6. The first kappa shape index (κ1) is 22.5. The van der Waals surface area contributed by atoms with E-state index in [0.29, 0.717) is 0 Å². The molecule has 0 radical (unpaired) electrons. The van der Waals surface area contributed by atoms with Crippen LogP contribution >= 0.6 is 21.6 Å². The summed E-state index contributed by atoms with van der Waals surface area (Å²) in [5.41, 5.74) is 10.9. The average Bonchev–Trinajstić information content (AvgIpc) is 2.54. The molecule has 0 rings (SSSR count). The van der Waals surface area contributed by atoms with Crippen LogP contribution in [-0.2, 0) is 9.47 Å². The maximum Gasteiger partial charge on any atom is 0.0565 e. The van der Waals surface area contributed by atoms with Crippen molar-refractivity contribution in [1.82, 2.24) is 0 Å². The Morgan fingerprint density at radius 2 is 0.909 bits per heavy atom. The molecule has 0 amide bonds. The van der Waals surface area contributed by atoms with E-state index in [1.807, 2.05) is 21.6 Å². The zero-order valence-electron chi connectivity index (χ0n) is 14.1. The van der Waals surface area contributed by atoms with Crippen molar-refractivity contribution in [2.45, 2.75) is 51.4 Å². The molecule has 4 nitrogen and oxygen atoms in total. The highest BCUT2D eigenvalue weighted by molar-refractivity contribution is 8.76. The molecule has 0 saturated heterocycles. The molecule has 0 spiro atoms. The molecular weight excluding hydrogens is 316 g/mol. The van der Waals surface area contributed by atoms with Crippen LogP contribution in [0.2, 0.25) is 0 Å². The lowest BCUT2D eigenvalue weighted by atomic mass is 10.2. The van der Waals surface area contributed by atoms with E-state index in [1.54, 1.807) is 0 Å². The van der Waals surface area contributed by atoms with E-state index in [1.165, 1.54) is 25.7 Å². The van der Waals surface area contributed by atoms with Gasteiger partial charge in [-0.1, -0.05) is 47.3 Å². The maximum absolute atomic E-state index is 5.60. The number of nitrogens with two attached hydrogens (primary N) is 2. The van der Waals surface area contributed by atoms with Gasteiger partial charge in [-0.2, -0.15) is 0 Å². The minimum absolute atomic E-state index is 0.812.